The maximum absolute atomic E-state index is 12.8. The van der Waals surface area contributed by atoms with E-state index in [4.69, 9.17) is 0 Å². The number of nitrogens with zero attached hydrogens (tertiary/aromatic N) is 5. The molecule has 2 atom stereocenters. The lowest BCUT2D eigenvalue weighted by Gasteiger charge is -2.36. The van der Waals surface area contributed by atoms with Crippen molar-refractivity contribution in [3.8, 4) is 0 Å². The van der Waals surface area contributed by atoms with Crippen molar-refractivity contribution in [1.82, 2.24) is 19.9 Å². The fourth-order valence-electron chi connectivity index (χ4n) is 3.77. The van der Waals surface area contributed by atoms with Crippen LogP contribution < -0.4 is 4.90 Å². The lowest BCUT2D eigenvalue weighted by Crippen LogP contribution is -2.48. The molecule has 3 saturated heterocycles. The Morgan fingerprint density at radius 2 is 2.21 bits per heavy atom. The molecule has 2 aromatic rings. The van der Waals surface area contributed by atoms with Gasteiger partial charge in [0, 0.05) is 43.4 Å². The highest BCUT2D eigenvalue weighted by Gasteiger charge is 2.37. The zero-order valence-electron chi connectivity index (χ0n) is 13.8. The number of hydrogen-bond acceptors (Lipinski definition) is 6. The van der Waals surface area contributed by atoms with Crippen LogP contribution in [0.3, 0.4) is 0 Å². The highest BCUT2D eigenvalue weighted by molar-refractivity contribution is 7.09. The van der Waals surface area contributed by atoms with Crippen LogP contribution in [0.25, 0.3) is 0 Å². The maximum Gasteiger partial charge on any atom is 0.228 e. The Morgan fingerprint density at radius 1 is 1.29 bits per heavy atom. The third-order valence-electron chi connectivity index (χ3n) is 4.91. The molecule has 0 N–H and O–H groups in total. The molecule has 24 heavy (non-hydrogen) atoms. The molecule has 5 heterocycles. The topological polar surface area (TPSA) is 62.2 Å². The van der Waals surface area contributed by atoms with E-state index < -0.39 is 0 Å². The van der Waals surface area contributed by atoms with Gasteiger partial charge in [0.1, 0.15) is 5.82 Å². The summed E-state index contributed by atoms with van der Waals surface area (Å²) in [7, 11) is 0. The van der Waals surface area contributed by atoms with E-state index in [1.165, 1.54) is 6.42 Å². The molecule has 7 heteroatoms. The predicted octanol–water partition coefficient (Wildman–Crippen LogP) is 1.91. The van der Waals surface area contributed by atoms with E-state index in [9.17, 15) is 4.79 Å². The summed E-state index contributed by atoms with van der Waals surface area (Å²) in [6.07, 6.45) is 7.91. The van der Waals surface area contributed by atoms with E-state index >= 15 is 0 Å². The summed E-state index contributed by atoms with van der Waals surface area (Å²) in [5.41, 5.74) is 0.897. The molecular weight excluding hydrogens is 322 g/mol. The van der Waals surface area contributed by atoms with Crippen LogP contribution in [0.2, 0.25) is 0 Å². The second kappa shape index (κ2) is 6.47. The molecule has 3 fully saturated rings. The summed E-state index contributed by atoms with van der Waals surface area (Å²) in [5, 5.41) is 3.01. The van der Waals surface area contributed by atoms with Gasteiger partial charge in [0.15, 0.2) is 0 Å². The third kappa shape index (κ3) is 3.13. The standard InChI is InChI=1S/C17H21N5OS/c1-12-20-14(11-24-12)6-17(23)22-9-13-2-3-15(22)10-21(8-13)16-7-18-4-5-19-16/h4-5,7,11,13,15H,2-3,6,8-10H2,1H3/t13-,15+/m0/s1. The summed E-state index contributed by atoms with van der Waals surface area (Å²) in [4.78, 5) is 30.2. The number of thiazole rings is 1. The fraction of sp³-hybridized carbons (Fsp3) is 0.529. The van der Waals surface area contributed by atoms with Gasteiger partial charge in [-0.1, -0.05) is 0 Å². The summed E-state index contributed by atoms with van der Waals surface area (Å²) in [5.74, 6) is 1.63. The van der Waals surface area contributed by atoms with Crippen LogP contribution >= 0.6 is 11.3 Å². The first kappa shape index (κ1) is 15.5. The summed E-state index contributed by atoms with van der Waals surface area (Å²) in [6.45, 7) is 4.63. The van der Waals surface area contributed by atoms with E-state index in [0.717, 1.165) is 42.6 Å². The lowest BCUT2D eigenvalue weighted by atomic mass is 9.94. The Morgan fingerprint density at radius 3 is 2.96 bits per heavy atom. The number of hydrogen-bond donors (Lipinski definition) is 0. The summed E-state index contributed by atoms with van der Waals surface area (Å²) >= 11 is 1.60. The molecule has 0 spiro atoms. The molecule has 6 nitrogen and oxygen atoms in total. The van der Waals surface area contributed by atoms with Gasteiger partial charge in [-0.05, 0) is 25.7 Å². The molecule has 5 rings (SSSR count). The number of anilines is 1. The van der Waals surface area contributed by atoms with Crippen LogP contribution in [0, 0.1) is 12.8 Å². The number of carbonyl (C=O) groups excluding carboxylic acids is 1. The van der Waals surface area contributed by atoms with Gasteiger partial charge >= 0.3 is 0 Å². The van der Waals surface area contributed by atoms with Crippen molar-refractivity contribution in [3.05, 3.63) is 34.7 Å². The van der Waals surface area contributed by atoms with E-state index in [1.807, 2.05) is 18.5 Å². The molecule has 2 aromatic heterocycles. The minimum atomic E-state index is 0.205. The molecular formula is C17H21N5OS. The van der Waals surface area contributed by atoms with Crippen LogP contribution in [0.15, 0.2) is 24.0 Å². The molecule has 3 aliphatic rings. The smallest absolute Gasteiger partial charge is 0.228 e. The second-order valence-electron chi connectivity index (χ2n) is 6.65. The Labute approximate surface area is 145 Å². The Kier molecular flexibility index (Phi) is 4.18. The van der Waals surface area contributed by atoms with E-state index in [0.29, 0.717) is 12.3 Å². The monoisotopic (exact) mass is 343 g/mol. The third-order valence-corrected chi connectivity index (χ3v) is 5.73. The van der Waals surface area contributed by atoms with E-state index in [2.05, 4.69) is 24.8 Å². The Balaban J connectivity index is 1.49. The normalized spacial score (nSPS) is 23.4. The number of aromatic nitrogens is 3. The van der Waals surface area contributed by atoms with Crippen LogP contribution in [0.5, 0.6) is 0 Å². The number of carbonyl (C=O) groups is 1. The molecule has 0 radical (unpaired) electrons. The number of rotatable bonds is 3. The first-order chi connectivity index (χ1) is 11.7. The minimum Gasteiger partial charge on any atom is -0.353 e. The molecule has 3 aliphatic heterocycles. The van der Waals surface area contributed by atoms with Gasteiger partial charge in [-0.3, -0.25) is 9.78 Å². The predicted molar refractivity (Wildman–Crippen MR) is 93.0 cm³/mol. The zero-order chi connectivity index (χ0) is 16.5. The average molecular weight is 343 g/mol. The SMILES string of the molecule is Cc1nc(CC(=O)N2C[C@H]3CC[C@@H]2CN(c2cnccn2)C3)cs1. The van der Waals surface area contributed by atoms with Crippen LogP contribution in [0.1, 0.15) is 23.5 Å². The van der Waals surface area contributed by atoms with Crippen molar-refractivity contribution >= 4 is 23.1 Å². The van der Waals surface area contributed by atoms with E-state index in [-0.39, 0.29) is 11.9 Å². The van der Waals surface area contributed by atoms with Gasteiger partial charge < -0.3 is 9.80 Å². The van der Waals surface area contributed by atoms with Crippen molar-refractivity contribution in [3.63, 3.8) is 0 Å². The number of piperidine rings is 1. The Hall–Kier alpha value is -2.02. The maximum atomic E-state index is 12.8. The molecule has 0 aromatic carbocycles. The van der Waals surface area contributed by atoms with Gasteiger partial charge in [0.05, 0.1) is 23.3 Å². The summed E-state index contributed by atoms with van der Waals surface area (Å²) < 4.78 is 0. The number of fused-ring (bicyclic) bond motifs is 4. The molecule has 1 amide bonds. The Bertz CT molecular complexity index is 719. The van der Waals surface area contributed by atoms with Crippen LogP contribution in [-0.2, 0) is 11.2 Å². The van der Waals surface area contributed by atoms with Crippen molar-refractivity contribution in [2.75, 3.05) is 24.5 Å². The van der Waals surface area contributed by atoms with Gasteiger partial charge in [0.25, 0.3) is 0 Å². The molecule has 0 aliphatic carbocycles. The van der Waals surface area contributed by atoms with E-state index in [1.54, 1.807) is 23.7 Å². The van der Waals surface area contributed by atoms with Crippen molar-refractivity contribution in [1.29, 1.82) is 0 Å². The molecule has 0 saturated carbocycles. The van der Waals surface area contributed by atoms with Crippen molar-refractivity contribution in [2.24, 2.45) is 5.92 Å². The number of aryl methyl sites for hydroxylation is 1. The molecule has 0 unspecified atom stereocenters. The zero-order valence-corrected chi connectivity index (χ0v) is 14.6. The van der Waals surface area contributed by atoms with Crippen molar-refractivity contribution in [2.45, 2.75) is 32.2 Å². The molecule has 126 valence electrons. The van der Waals surface area contributed by atoms with Crippen molar-refractivity contribution < 1.29 is 4.79 Å². The largest absolute Gasteiger partial charge is 0.353 e. The van der Waals surface area contributed by atoms with Gasteiger partial charge in [-0.15, -0.1) is 11.3 Å². The number of amides is 1. The summed E-state index contributed by atoms with van der Waals surface area (Å²) in [6, 6.07) is 0.262. The first-order valence-electron chi connectivity index (χ1n) is 8.40. The molecule has 2 bridgehead atoms. The fourth-order valence-corrected chi connectivity index (χ4v) is 4.39. The van der Waals surface area contributed by atoms with Crippen LogP contribution in [-0.4, -0.2) is 51.4 Å². The average Bonchev–Trinajstić information content (AvgIpc) is 2.82. The van der Waals surface area contributed by atoms with Gasteiger partial charge in [-0.2, -0.15) is 0 Å². The van der Waals surface area contributed by atoms with Crippen LogP contribution in [0.4, 0.5) is 5.82 Å². The highest BCUT2D eigenvalue weighted by atomic mass is 32.1. The first-order valence-corrected chi connectivity index (χ1v) is 9.28. The van der Waals surface area contributed by atoms with Gasteiger partial charge in [-0.25, -0.2) is 9.97 Å². The lowest BCUT2D eigenvalue weighted by molar-refractivity contribution is -0.134. The quantitative estimate of drug-likeness (QED) is 0.852. The highest BCUT2D eigenvalue weighted by Crippen LogP contribution is 2.30. The van der Waals surface area contributed by atoms with Gasteiger partial charge in [0.2, 0.25) is 5.91 Å². The minimum absolute atomic E-state index is 0.205. The second-order valence-corrected chi connectivity index (χ2v) is 7.71.